The van der Waals surface area contributed by atoms with Gasteiger partial charge in [-0.2, -0.15) is 5.26 Å². The van der Waals surface area contributed by atoms with Crippen LogP contribution in [0.15, 0.2) is 73.2 Å². The first kappa shape index (κ1) is 20.4. The van der Waals surface area contributed by atoms with Gasteiger partial charge < -0.3 is 9.88 Å². The quantitative estimate of drug-likeness (QED) is 0.333. The predicted molar refractivity (Wildman–Crippen MR) is 137 cm³/mol. The van der Waals surface area contributed by atoms with Crippen molar-refractivity contribution in [1.82, 2.24) is 14.5 Å². The van der Waals surface area contributed by atoms with Crippen LogP contribution in [0.2, 0.25) is 0 Å². The van der Waals surface area contributed by atoms with Crippen molar-refractivity contribution in [2.45, 2.75) is 38.6 Å². The van der Waals surface area contributed by atoms with Gasteiger partial charge in [0.15, 0.2) is 0 Å². The Morgan fingerprint density at radius 2 is 1.88 bits per heavy atom. The number of para-hydroxylation sites is 1. The van der Waals surface area contributed by atoms with E-state index < -0.39 is 0 Å². The Hall–Kier alpha value is -4.17. The van der Waals surface area contributed by atoms with Gasteiger partial charge in [-0.1, -0.05) is 31.0 Å². The van der Waals surface area contributed by atoms with Gasteiger partial charge in [0.25, 0.3) is 0 Å². The number of nitriles is 1. The summed E-state index contributed by atoms with van der Waals surface area (Å²) < 4.78 is 2.13. The van der Waals surface area contributed by atoms with E-state index in [1.165, 1.54) is 12.8 Å². The van der Waals surface area contributed by atoms with Crippen LogP contribution in [0.25, 0.3) is 38.8 Å². The number of hydrogen-bond acceptors (Lipinski definition) is 4. The zero-order valence-electron chi connectivity index (χ0n) is 19.1. The van der Waals surface area contributed by atoms with Crippen LogP contribution >= 0.6 is 0 Å². The minimum Gasteiger partial charge on any atom is -0.381 e. The average molecular weight is 444 g/mol. The SMILES string of the molecule is Cc1cn(-c2ccc(C#N)c(NC3CCCC3)c2)c2nccc(-c3cnc4ccccc4c3)c12. The van der Waals surface area contributed by atoms with Gasteiger partial charge in [0.05, 0.1) is 16.8 Å². The molecule has 5 nitrogen and oxygen atoms in total. The lowest BCUT2D eigenvalue weighted by Crippen LogP contribution is -2.15. The number of hydrogen-bond donors (Lipinski definition) is 1. The van der Waals surface area contributed by atoms with Gasteiger partial charge in [0.2, 0.25) is 0 Å². The lowest BCUT2D eigenvalue weighted by molar-refractivity contribution is 0.755. The van der Waals surface area contributed by atoms with Crippen LogP contribution in [-0.4, -0.2) is 20.6 Å². The molecule has 0 spiro atoms. The van der Waals surface area contributed by atoms with Crippen LogP contribution in [0.1, 0.15) is 36.8 Å². The molecule has 6 rings (SSSR count). The Balaban J connectivity index is 1.47. The summed E-state index contributed by atoms with van der Waals surface area (Å²) >= 11 is 0. The first-order valence-corrected chi connectivity index (χ1v) is 11.8. The molecule has 3 heterocycles. The van der Waals surface area contributed by atoms with Crippen LogP contribution in [0.5, 0.6) is 0 Å². The molecule has 166 valence electrons. The molecule has 1 N–H and O–H groups in total. The van der Waals surface area contributed by atoms with Crippen molar-refractivity contribution in [3.63, 3.8) is 0 Å². The van der Waals surface area contributed by atoms with Crippen molar-refractivity contribution in [2.75, 3.05) is 5.32 Å². The first-order chi connectivity index (χ1) is 16.7. The van der Waals surface area contributed by atoms with Gasteiger partial charge in [-0.05, 0) is 67.3 Å². The van der Waals surface area contributed by atoms with Crippen molar-refractivity contribution in [3.8, 4) is 22.9 Å². The summed E-state index contributed by atoms with van der Waals surface area (Å²) in [6, 6.07) is 21.2. The lowest BCUT2D eigenvalue weighted by atomic mass is 10.0. The third-order valence-corrected chi connectivity index (χ3v) is 6.89. The molecule has 1 aliphatic carbocycles. The molecule has 2 aromatic carbocycles. The van der Waals surface area contributed by atoms with Crippen molar-refractivity contribution >= 4 is 27.6 Å². The number of aryl methyl sites for hydroxylation is 1. The molecule has 5 heteroatoms. The highest BCUT2D eigenvalue weighted by molar-refractivity contribution is 5.98. The Bertz CT molecular complexity index is 1570. The maximum Gasteiger partial charge on any atom is 0.145 e. The third-order valence-electron chi connectivity index (χ3n) is 6.89. The van der Waals surface area contributed by atoms with Gasteiger partial charge in [0, 0.05) is 46.7 Å². The first-order valence-electron chi connectivity index (χ1n) is 11.8. The fourth-order valence-electron chi connectivity index (χ4n) is 5.19. The maximum absolute atomic E-state index is 9.65. The number of rotatable bonds is 4. The van der Waals surface area contributed by atoms with Gasteiger partial charge in [-0.15, -0.1) is 0 Å². The molecule has 0 saturated heterocycles. The highest BCUT2D eigenvalue weighted by atomic mass is 15.0. The minimum atomic E-state index is 0.440. The summed E-state index contributed by atoms with van der Waals surface area (Å²) in [5.41, 5.74) is 7.83. The van der Waals surface area contributed by atoms with E-state index in [4.69, 9.17) is 4.98 Å². The molecule has 0 atom stereocenters. The van der Waals surface area contributed by atoms with Crippen molar-refractivity contribution in [3.05, 3.63) is 84.3 Å². The lowest BCUT2D eigenvalue weighted by Gasteiger charge is -2.16. The molecule has 34 heavy (non-hydrogen) atoms. The number of benzene rings is 2. The minimum absolute atomic E-state index is 0.440. The zero-order chi connectivity index (χ0) is 23.1. The van der Waals surface area contributed by atoms with Crippen molar-refractivity contribution in [1.29, 1.82) is 5.26 Å². The normalized spacial score (nSPS) is 14.0. The van der Waals surface area contributed by atoms with E-state index in [0.717, 1.165) is 62.8 Å². The highest BCUT2D eigenvalue weighted by Gasteiger charge is 2.18. The van der Waals surface area contributed by atoms with E-state index in [9.17, 15) is 5.26 Å². The predicted octanol–water partition coefficient (Wildman–Crippen LogP) is 6.78. The molecule has 3 aromatic heterocycles. The number of nitrogens with zero attached hydrogens (tertiary/aromatic N) is 4. The topological polar surface area (TPSA) is 66.5 Å². The summed E-state index contributed by atoms with van der Waals surface area (Å²) in [7, 11) is 0. The molecule has 0 bridgehead atoms. The van der Waals surface area contributed by atoms with Crippen molar-refractivity contribution < 1.29 is 0 Å². The van der Waals surface area contributed by atoms with E-state index in [1.54, 1.807) is 0 Å². The second kappa shape index (κ2) is 8.31. The molecule has 1 fully saturated rings. The molecule has 5 aromatic rings. The Morgan fingerprint density at radius 3 is 2.74 bits per heavy atom. The number of fused-ring (bicyclic) bond motifs is 2. The van der Waals surface area contributed by atoms with Gasteiger partial charge >= 0.3 is 0 Å². The monoisotopic (exact) mass is 443 g/mol. The van der Waals surface area contributed by atoms with E-state index in [-0.39, 0.29) is 0 Å². The molecule has 0 unspecified atom stereocenters. The number of nitrogens with one attached hydrogen (secondary N) is 1. The molecule has 1 aliphatic rings. The molecule has 1 saturated carbocycles. The van der Waals surface area contributed by atoms with Crippen LogP contribution in [-0.2, 0) is 0 Å². The van der Waals surface area contributed by atoms with Gasteiger partial charge in [-0.3, -0.25) is 4.98 Å². The van der Waals surface area contributed by atoms with Crippen LogP contribution in [0, 0.1) is 18.3 Å². The molecule has 0 amide bonds. The van der Waals surface area contributed by atoms with Crippen LogP contribution < -0.4 is 5.32 Å². The summed E-state index contributed by atoms with van der Waals surface area (Å²) in [6.07, 6.45) is 10.8. The smallest absolute Gasteiger partial charge is 0.145 e. The number of anilines is 1. The molecule has 0 radical (unpaired) electrons. The standard InChI is InChI=1S/C29H25N5/c1-19-18-34(24-11-10-21(16-30)27(15-24)33-23-7-3-4-8-23)29-28(19)25(12-13-31-29)22-14-20-6-2-5-9-26(20)32-17-22/h2,5-6,9-15,17-18,23,33H,3-4,7-8H2,1H3. The van der Waals surface area contributed by atoms with Crippen molar-refractivity contribution in [2.24, 2.45) is 0 Å². The summed E-state index contributed by atoms with van der Waals surface area (Å²) in [4.78, 5) is 9.43. The second-order valence-corrected chi connectivity index (χ2v) is 9.12. The average Bonchev–Trinajstić information content (AvgIpc) is 3.51. The fourth-order valence-corrected chi connectivity index (χ4v) is 5.19. The number of pyridine rings is 2. The van der Waals surface area contributed by atoms with E-state index in [2.05, 4.69) is 58.3 Å². The second-order valence-electron chi connectivity index (χ2n) is 9.12. The largest absolute Gasteiger partial charge is 0.381 e. The molecule has 0 aliphatic heterocycles. The van der Waals surface area contributed by atoms with E-state index in [1.807, 2.05) is 42.7 Å². The van der Waals surface area contributed by atoms with Gasteiger partial charge in [0.1, 0.15) is 11.7 Å². The Morgan fingerprint density at radius 1 is 1.03 bits per heavy atom. The highest BCUT2D eigenvalue weighted by Crippen LogP contribution is 2.34. The fraction of sp³-hybridized carbons (Fsp3) is 0.207. The Labute approximate surface area is 198 Å². The molecular formula is C29H25N5. The van der Waals surface area contributed by atoms with E-state index >= 15 is 0 Å². The maximum atomic E-state index is 9.65. The van der Waals surface area contributed by atoms with Crippen LogP contribution in [0.4, 0.5) is 5.69 Å². The summed E-state index contributed by atoms with van der Waals surface area (Å²) in [5, 5.41) is 15.5. The van der Waals surface area contributed by atoms with Crippen LogP contribution in [0.3, 0.4) is 0 Å². The number of aromatic nitrogens is 3. The third kappa shape index (κ3) is 3.48. The van der Waals surface area contributed by atoms with E-state index in [0.29, 0.717) is 11.6 Å². The molecular weight excluding hydrogens is 418 g/mol. The van der Waals surface area contributed by atoms with Gasteiger partial charge in [-0.25, -0.2) is 4.98 Å². The summed E-state index contributed by atoms with van der Waals surface area (Å²) in [6.45, 7) is 2.12. The Kier molecular flexibility index (Phi) is 5.00. The zero-order valence-corrected chi connectivity index (χ0v) is 19.1. The summed E-state index contributed by atoms with van der Waals surface area (Å²) in [5.74, 6) is 0.